The van der Waals surface area contributed by atoms with Crippen LogP contribution in [0.2, 0.25) is 0 Å². The maximum atomic E-state index is 13.6. The summed E-state index contributed by atoms with van der Waals surface area (Å²) in [4.78, 5) is 10.3. The van der Waals surface area contributed by atoms with Gasteiger partial charge in [-0.05, 0) is 61.0 Å². The Balaban J connectivity index is 2.12. The third-order valence-electron chi connectivity index (χ3n) is 4.86. The van der Waals surface area contributed by atoms with E-state index in [0.29, 0.717) is 17.2 Å². The molecule has 3 aromatic carbocycles. The highest BCUT2D eigenvalue weighted by Crippen LogP contribution is 2.35. The summed E-state index contributed by atoms with van der Waals surface area (Å²) in [6, 6.07) is 18.0. The lowest BCUT2D eigenvalue weighted by molar-refractivity contribution is -0.384. The first kappa shape index (κ1) is 22.1. The maximum Gasteiger partial charge on any atom is 0.269 e. The van der Waals surface area contributed by atoms with Crippen LogP contribution in [-0.4, -0.2) is 27.6 Å². The van der Waals surface area contributed by atoms with E-state index >= 15 is 0 Å². The number of nitro groups is 1. The van der Waals surface area contributed by atoms with Crippen molar-refractivity contribution in [3.05, 3.63) is 88.5 Å². The number of nitrogens with zero attached hydrogens (tertiary/aromatic N) is 2. The van der Waals surface area contributed by atoms with Crippen LogP contribution >= 0.6 is 0 Å². The molecule has 9 heteroatoms. The van der Waals surface area contributed by atoms with Gasteiger partial charge in [0.25, 0.3) is 15.7 Å². The van der Waals surface area contributed by atoms with Crippen molar-refractivity contribution in [3.8, 4) is 11.5 Å². The smallest absolute Gasteiger partial charge is 0.269 e. The molecule has 162 valence electrons. The van der Waals surface area contributed by atoms with E-state index in [1.807, 2.05) is 6.07 Å². The molecule has 0 spiro atoms. The van der Waals surface area contributed by atoms with E-state index in [4.69, 9.17) is 9.47 Å². The summed E-state index contributed by atoms with van der Waals surface area (Å²) in [5.74, 6) is 1.19. The molecule has 0 unspecified atom stereocenters. The molecule has 0 aliphatic heterocycles. The molecule has 31 heavy (non-hydrogen) atoms. The van der Waals surface area contributed by atoms with Crippen molar-refractivity contribution < 1.29 is 22.8 Å². The Kier molecular flexibility index (Phi) is 6.45. The van der Waals surface area contributed by atoms with Gasteiger partial charge in [-0.2, -0.15) is 0 Å². The van der Waals surface area contributed by atoms with Crippen molar-refractivity contribution in [2.75, 3.05) is 18.5 Å². The molecule has 0 aliphatic carbocycles. The fraction of sp³-hybridized carbons (Fsp3) is 0.182. The van der Waals surface area contributed by atoms with Gasteiger partial charge in [0, 0.05) is 12.1 Å². The zero-order chi connectivity index (χ0) is 22.6. The van der Waals surface area contributed by atoms with Crippen molar-refractivity contribution in [1.82, 2.24) is 0 Å². The quantitative estimate of drug-likeness (QED) is 0.374. The van der Waals surface area contributed by atoms with Crippen molar-refractivity contribution in [3.63, 3.8) is 0 Å². The van der Waals surface area contributed by atoms with Gasteiger partial charge in [-0.1, -0.05) is 12.1 Å². The first-order chi connectivity index (χ1) is 14.8. The second kappa shape index (κ2) is 9.05. The fourth-order valence-electron chi connectivity index (χ4n) is 3.19. The number of non-ortho nitro benzene ring substituents is 1. The second-order valence-electron chi connectivity index (χ2n) is 6.70. The Hall–Kier alpha value is -3.59. The van der Waals surface area contributed by atoms with Crippen LogP contribution in [0, 0.1) is 10.1 Å². The highest BCUT2D eigenvalue weighted by atomic mass is 32.2. The molecular formula is C22H22N2O6S. The number of sulfonamides is 1. The van der Waals surface area contributed by atoms with Crippen LogP contribution in [0.5, 0.6) is 11.5 Å². The largest absolute Gasteiger partial charge is 0.497 e. The van der Waals surface area contributed by atoms with Crippen molar-refractivity contribution in [2.24, 2.45) is 0 Å². The number of ether oxygens (including phenoxy) is 2. The molecular weight excluding hydrogens is 420 g/mol. The van der Waals surface area contributed by atoms with Crippen LogP contribution in [0.25, 0.3) is 0 Å². The molecule has 0 radical (unpaired) electrons. The number of anilines is 1. The minimum Gasteiger partial charge on any atom is -0.497 e. The van der Waals surface area contributed by atoms with Crippen molar-refractivity contribution >= 4 is 21.4 Å². The molecule has 0 N–H and O–H groups in total. The topological polar surface area (TPSA) is 99.0 Å². The Morgan fingerprint density at radius 3 is 2.06 bits per heavy atom. The third kappa shape index (κ3) is 4.61. The number of hydrogen-bond acceptors (Lipinski definition) is 6. The Morgan fingerprint density at radius 1 is 0.903 bits per heavy atom. The molecule has 3 rings (SSSR count). The van der Waals surface area contributed by atoms with E-state index in [1.165, 1.54) is 35.7 Å². The lowest BCUT2D eigenvalue weighted by Crippen LogP contribution is -2.33. The highest BCUT2D eigenvalue weighted by molar-refractivity contribution is 7.92. The van der Waals surface area contributed by atoms with Gasteiger partial charge in [0.05, 0.1) is 35.8 Å². The van der Waals surface area contributed by atoms with E-state index in [-0.39, 0.29) is 10.6 Å². The molecule has 0 amide bonds. The normalized spacial score (nSPS) is 12.1. The molecule has 1 atom stereocenters. The van der Waals surface area contributed by atoms with Gasteiger partial charge in [-0.3, -0.25) is 14.4 Å². The summed E-state index contributed by atoms with van der Waals surface area (Å²) in [5, 5.41) is 11.0. The Labute approximate surface area is 180 Å². The standard InChI is InChI=1S/C22H22N2O6S/c1-16(17-5-4-6-21(15-17)30-3)23(18-7-11-20(29-2)12-8-18)31(27,28)22-13-9-19(10-14-22)24(25)26/h4-16H,1-3H3/t16-/m0/s1. The Bertz CT molecular complexity index is 1160. The van der Waals surface area contributed by atoms with E-state index < -0.39 is 21.0 Å². The summed E-state index contributed by atoms with van der Waals surface area (Å²) < 4.78 is 39.0. The molecule has 0 aromatic heterocycles. The van der Waals surface area contributed by atoms with Gasteiger partial charge < -0.3 is 9.47 Å². The first-order valence-corrected chi connectivity index (χ1v) is 10.8. The van der Waals surface area contributed by atoms with E-state index in [1.54, 1.807) is 56.5 Å². The summed E-state index contributed by atoms with van der Waals surface area (Å²) in [6.07, 6.45) is 0. The molecule has 0 fully saturated rings. The number of hydrogen-bond donors (Lipinski definition) is 0. The predicted molar refractivity (Wildman–Crippen MR) is 117 cm³/mol. The molecule has 3 aromatic rings. The van der Waals surface area contributed by atoms with Gasteiger partial charge in [-0.15, -0.1) is 0 Å². The molecule has 0 bridgehead atoms. The predicted octanol–water partition coefficient (Wildman–Crippen LogP) is 4.57. The van der Waals surface area contributed by atoms with E-state index in [2.05, 4.69) is 0 Å². The summed E-state index contributed by atoms with van der Waals surface area (Å²) in [7, 11) is -0.987. The van der Waals surface area contributed by atoms with Crippen LogP contribution in [0.3, 0.4) is 0 Å². The molecule has 0 saturated carbocycles. The number of nitro benzene ring substituents is 1. The third-order valence-corrected chi connectivity index (χ3v) is 6.77. The average molecular weight is 442 g/mol. The van der Waals surface area contributed by atoms with Crippen LogP contribution in [-0.2, 0) is 10.0 Å². The minimum atomic E-state index is -4.05. The average Bonchev–Trinajstić information content (AvgIpc) is 2.79. The van der Waals surface area contributed by atoms with Crippen molar-refractivity contribution in [1.29, 1.82) is 0 Å². The first-order valence-electron chi connectivity index (χ1n) is 9.35. The van der Waals surface area contributed by atoms with Crippen LogP contribution in [0.4, 0.5) is 11.4 Å². The second-order valence-corrected chi connectivity index (χ2v) is 8.52. The molecule has 0 aliphatic rings. The van der Waals surface area contributed by atoms with Gasteiger partial charge in [0.15, 0.2) is 0 Å². The van der Waals surface area contributed by atoms with Crippen molar-refractivity contribution in [2.45, 2.75) is 17.9 Å². The van der Waals surface area contributed by atoms with Gasteiger partial charge in [0.1, 0.15) is 11.5 Å². The van der Waals surface area contributed by atoms with Gasteiger partial charge in [-0.25, -0.2) is 8.42 Å². The number of rotatable bonds is 8. The SMILES string of the molecule is COc1ccc(N([C@@H](C)c2cccc(OC)c2)S(=O)(=O)c2ccc([N+](=O)[O-])cc2)cc1. The van der Waals surface area contributed by atoms with Gasteiger partial charge in [0.2, 0.25) is 0 Å². The van der Waals surface area contributed by atoms with Gasteiger partial charge >= 0.3 is 0 Å². The van der Waals surface area contributed by atoms with Crippen LogP contribution < -0.4 is 13.8 Å². The maximum absolute atomic E-state index is 13.6. The summed E-state index contributed by atoms with van der Waals surface area (Å²) in [6.45, 7) is 1.77. The van der Waals surface area contributed by atoms with E-state index in [0.717, 1.165) is 5.56 Å². The zero-order valence-corrected chi connectivity index (χ0v) is 18.1. The number of methoxy groups -OCH3 is 2. The molecule has 0 heterocycles. The van der Waals surface area contributed by atoms with Crippen LogP contribution in [0.1, 0.15) is 18.5 Å². The fourth-order valence-corrected chi connectivity index (χ4v) is 4.83. The van der Waals surface area contributed by atoms with E-state index in [9.17, 15) is 18.5 Å². The lowest BCUT2D eigenvalue weighted by Gasteiger charge is -2.31. The Morgan fingerprint density at radius 2 is 1.52 bits per heavy atom. The van der Waals surface area contributed by atoms with Crippen LogP contribution in [0.15, 0.2) is 77.7 Å². The highest BCUT2D eigenvalue weighted by Gasteiger charge is 2.31. The summed E-state index contributed by atoms with van der Waals surface area (Å²) >= 11 is 0. The summed E-state index contributed by atoms with van der Waals surface area (Å²) in [5.41, 5.74) is 0.964. The molecule has 8 nitrogen and oxygen atoms in total. The lowest BCUT2D eigenvalue weighted by atomic mass is 10.1. The zero-order valence-electron chi connectivity index (χ0n) is 17.3. The molecule has 0 saturated heterocycles. The monoisotopic (exact) mass is 442 g/mol. The minimum absolute atomic E-state index is 0.0522. The number of benzene rings is 3.